The number of amides is 1. The number of anilines is 1. The first-order chi connectivity index (χ1) is 16.5. The maximum Gasteiger partial charge on any atom is 0.241 e. The molecule has 2 atom stereocenters. The lowest BCUT2D eigenvalue weighted by atomic mass is 10.0. The van der Waals surface area contributed by atoms with Gasteiger partial charge < -0.3 is 26.5 Å². The molecule has 2 rings (SSSR count). The average Bonchev–Trinajstić information content (AvgIpc) is 2.78. The molecule has 192 valence electrons. The first-order valence-corrected chi connectivity index (χ1v) is 13.0. The Morgan fingerprint density at radius 3 is 2.37 bits per heavy atom. The highest BCUT2D eigenvalue weighted by molar-refractivity contribution is 7.89. The fraction of sp³-hybridized carbons (Fsp3) is 0.458. The van der Waals surface area contributed by atoms with Crippen LogP contribution in [0.1, 0.15) is 33.1 Å². The Morgan fingerprint density at radius 1 is 1.11 bits per heavy atom. The smallest absolute Gasteiger partial charge is 0.241 e. The van der Waals surface area contributed by atoms with Gasteiger partial charge in [-0.25, -0.2) is 8.42 Å². The van der Waals surface area contributed by atoms with Crippen LogP contribution >= 0.6 is 0 Å². The van der Waals surface area contributed by atoms with Crippen LogP contribution in [0.3, 0.4) is 0 Å². The van der Waals surface area contributed by atoms with Crippen molar-refractivity contribution in [3.63, 3.8) is 0 Å². The predicted molar refractivity (Wildman–Crippen MR) is 140 cm³/mol. The van der Waals surface area contributed by atoms with Crippen molar-refractivity contribution in [2.24, 2.45) is 22.4 Å². The van der Waals surface area contributed by atoms with E-state index in [9.17, 15) is 18.0 Å². The number of rotatable bonds is 13. The minimum Gasteiger partial charge on any atom is -0.377 e. The molecule has 0 aromatic heterocycles. The number of aldehydes is 1. The Kier molecular flexibility index (Phi) is 10.0. The zero-order chi connectivity index (χ0) is 26.2. The molecule has 2 aromatic carbocycles. The Bertz CT molecular complexity index is 1160. The third-order valence-electron chi connectivity index (χ3n) is 5.41. The average molecular weight is 505 g/mol. The first kappa shape index (κ1) is 28.1. The van der Waals surface area contributed by atoms with Crippen LogP contribution in [0, 0.1) is 5.92 Å². The van der Waals surface area contributed by atoms with Crippen molar-refractivity contribution in [1.82, 2.24) is 10.0 Å². The number of carbonyl (C=O) groups is 2. The van der Waals surface area contributed by atoms with E-state index in [1.165, 1.54) is 6.07 Å². The maximum atomic E-state index is 13.4. The van der Waals surface area contributed by atoms with Gasteiger partial charge in [0, 0.05) is 37.1 Å². The molecule has 0 heterocycles. The summed E-state index contributed by atoms with van der Waals surface area (Å²) >= 11 is 0. The fourth-order valence-corrected chi connectivity index (χ4v) is 5.23. The first-order valence-electron chi connectivity index (χ1n) is 11.5. The molecule has 0 aliphatic rings. The van der Waals surface area contributed by atoms with E-state index in [-0.39, 0.29) is 23.2 Å². The number of fused-ring (bicyclic) bond motifs is 1. The van der Waals surface area contributed by atoms with Crippen LogP contribution in [0.2, 0.25) is 0 Å². The summed E-state index contributed by atoms with van der Waals surface area (Å²) in [7, 11) is -0.282. The fourth-order valence-electron chi connectivity index (χ4n) is 3.80. The molecule has 6 N–H and O–H groups in total. The highest BCUT2D eigenvalue weighted by atomic mass is 32.2. The highest BCUT2D eigenvalue weighted by Crippen LogP contribution is 2.30. The van der Waals surface area contributed by atoms with Gasteiger partial charge in [-0.05, 0) is 37.3 Å². The standard InChI is InChI=1S/C24H36N6O4S/c1-16(2)14-20(23(32)28-17(15-31)8-7-13-27-24(25)26)29-35(33,34)22-12-6-9-18-19(22)10-5-11-21(18)30(3)4/h5-6,9-12,15-17,20,29H,7-8,13-14H2,1-4H3,(H,28,32)(H4,25,26,27)/t17-,20-/m0/s1. The number of nitrogens with two attached hydrogens (primary N) is 2. The summed E-state index contributed by atoms with van der Waals surface area (Å²) in [6.45, 7) is 4.10. The minimum absolute atomic E-state index is 0.0258. The van der Waals surface area contributed by atoms with E-state index in [1.54, 1.807) is 18.2 Å². The van der Waals surface area contributed by atoms with Crippen molar-refractivity contribution in [3.8, 4) is 0 Å². The van der Waals surface area contributed by atoms with E-state index >= 15 is 0 Å². The molecule has 1 amide bonds. The zero-order valence-electron chi connectivity index (χ0n) is 20.7. The SMILES string of the molecule is CC(C)C[C@H](NS(=O)(=O)c1cccc2c(N(C)C)cccc12)C(=O)N[C@H](C=O)CCCN=C(N)N. The molecule has 10 nitrogen and oxygen atoms in total. The van der Waals surface area contributed by atoms with Gasteiger partial charge in [0.2, 0.25) is 15.9 Å². The molecule has 0 spiro atoms. The van der Waals surface area contributed by atoms with Gasteiger partial charge in [-0.2, -0.15) is 4.72 Å². The van der Waals surface area contributed by atoms with E-state index < -0.39 is 28.0 Å². The van der Waals surface area contributed by atoms with E-state index in [4.69, 9.17) is 11.5 Å². The maximum absolute atomic E-state index is 13.4. The molecule has 0 saturated heterocycles. The molecule has 0 aliphatic heterocycles. The van der Waals surface area contributed by atoms with Gasteiger partial charge in [-0.1, -0.05) is 38.1 Å². The second-order valence-corrected chi connectivity index (χ2v) is 10.7. The van der Waals surface area contributed by atoms with Gasteiger partial charge in [0.05, 0.1) is 10.9 Å². The summed E-state index contributed by atoms with van der Waals surface area (Å²) in [6.07, 6.45) is 1.69. The molecule has 0 unspecified atom stereocenters. The Hall–Kier alpha value is -3.18. The second kappa shape index (κ2) is 12.5. The molecular formula is C24H36N6O4S. The zero-order valence-corrected chi connectivity index (χ0v) is 21.5. The predicted octanol–water partition coefficient (Wildman–Crippen LogP) is 1.34. The number of aliphatic imine (C=N–C) groups is 1. The molecule has 0 fully saturated rings. The van der Waals surface area contributed by atoms with Crippen LogP contribution in [0.15, 0.2) is 46.3 Å². The molecule has 0 saturated carbocycles. The summed E-state index contributed by atoms with van der Waals surface area (Å²) in [5.74, 6) is -0.581. The summed E-state index contributed by atoms with van der Waals surface area (Å²) in [4.78, 5) is 30.4. The van der Waals surface area contributed by atoms with Crippen molar-refractivity contribution in [2.45, 2.75) is 50.1 Å². The number of nitrogens with one attached hydrogen (secondary N) is 2. The number of carbonyl (C=O) groups excluding carboxylic acids is 2. The quantitative estimate of drug-likeness (QED) is 0.139. The van der Waals surface area contributed by atoms with Crippen molar-refractivity contribution < 1.29 is 18.0 Å². The molecule has 0 aliphatic carbocycles. The third kappa shape index (κ3) is 7.93. The van der Waals surface area contributed by atoms with Gasteiger partial charge in [0.25, 0.3) is 0 Å². The number of guanidine groups is 1. The summed E-state index contributed by atoms with van der Waals surface area (Å²) in [5.41, 5.74) is 11.5. The Balaban J connectivity index is 2.28. The van der Waals surface area contributed by atoms with Crippen molar-refractivity contribution in [3.05, 3.63) is 36.4 Å². The van der Waals surface area contributed by atoms with Crippen LogP contribution in [0.4, 0.5) is 5.69 Å². The molecule has 2 aromatic rings. The molecular weight excluding hydrogens is 468 g/mol. The molecule has 0 bridgehead atoms. The molecule has 11 heteroatoms. The Morgan fingerprint density at radius 2 is 1.77 bits per heavy atom. The lowest BCUT2D eigenvalue weighted by molar-refractivity contribution is -0.125. The van der Waals surface area contributed by atoms with Gasteiger partial charge >= 0.3 is 0 Å². The topological polar surface area (TPSA) is 160 Å². The van der Waals surface area contributed by atoms with Gasteiger partial charge in [0.15, 0.2) is 5.96 Å². The normalized spacial score (nSPS) is 13.3. The van der Waals surface area contributed by atoms with Crippen molar-refractivity contribution in [2.75, 3.05) is 25.5 Å². The van der Waals surface area contributed by atoms with Crippen molar-refractivity contribution >= 4 is 44.6 Å². The van der Waals surface area contributed by atoms with Gasteiger partial charge in [-0.15, -0.1) is 0 Å². The van der Waals surface area contributed by atoms with E-state index in [2.05, 4.69) is 15.0 Å². The van der Waals surface area contributed by atoms with Crippen molar-refractivity contribution in [1.29, 1.82) is 0 Å². The van der Waals surface area contributed by atoms with E-state index in [0.717, 1.165) is 11.1 Å². The minimum atomic E-state index is -4.06. The number of hydrogen-bond donors (Lipinski definition) is 4. The summed E-state index contributed by atoms with van der Waals surface area (Å²) in [6, 6.07) is 8.68. The summed E-state index contributed by atoms with van der Waals surface area (Å²) < 4.78 is 29.5. The van der Waals surface area contributed by atoms with Crippen LogP contribution < -0.4 is 26.4 Å². The lowest BCUT2D eigenvalue weighted by Crippen LogP contribution is -2.50. The number of nitrogens with zero attached hydrogens (tertiary/aromatic N) is 2. The van der Waals surface area contributed by atoms with Crippen LogP contribution in [-0.2, 0) is 19.6 Å². The number of sulfonamides is 1. The van der Waals surface area contributed by atoms with E-state index in [0.29, 0.717) is 31.1 Å². The second-order valence-electron chi connectivity index (χ2n) is 9.03. The van der Waals surface area contributed by atoms with Gasteiger partial charge in [0.1, 0.15) is 12.3 Å². The highest BCUT2D eigenvalue weighted by Gasteiger charge is 2.29. The monoisotopic (exact) mass is 504 g/mol. The molecule has 35 heavy (non-hydrogen) atoms. The van der Waals surface area contributed by atoms with Crippen LogP contribution in [0.5, 0.6) is 0 Å². The van der Waals surface area contributed by atoms with E-state index in [1.807, 2.05) is 45.0 Å². The lowest BCUT2D eigenvalue weighted by Gasteiger charge is -2.23. The number of hydrogen-bond acceptors (Lipinski definition) is 6. The van der Waals surface area contributed by atoms with Gasteiger partial charge in [-0.3, -0.25) is 9.79 Å². The largest absolute Gasteiger partial charge is 0.377 e. The van der Waals surface area contributed by atoms with Crippen LogP contribution in [-0.4, -0.2) is 59.3 Å². The number of benzene rings is 2. The molecule has 0 radical (unpaired) electrons. The summed E-state index contributed by atoms with van der Waals surface area (Å²) in [5, 5.41) is 3.98. The Labute approximate surface area is 207 Å². The van der Waals surface area contributed by atoms with Crippen LogP contribution in [0.25, 0.3) is 10.8 Å². The third-order valence-corrected chi connectivity index (χ3v) is 6.94.